The molecule has 0 aromatic heterocycles. The summed E-state index contributed by atoms with van der Waals surface area (Å²) in [6, 6.07) is 15.3. The van der Waals surface area contributed by atoms with Crippen LogP contribution in [0.4, 0.5) is 5.69 Å². The van der Waals surface area contributed by atoms with E-state index in [4.69, 9.17) is 21.7 Å². The SMILES string of the molecule is CCN(CC)CCOc1ccccc1NC(=S)NN=Cc1ccccc1OC. The van der Waals surface area contributed by atoms with Crippen molar-refractivity contribution in [3.63, 3.8) is 0 Å². The predicted molar refractivity (Wildman–Crippen MR) is 120 cm³/mol. The highest BCUT2D eigenvalue weighted by molar-refractivity contribution is 7.80. The summed E-state index contributed by atoms with van der Waals surface area (Å²) in [6.45, 7) is 7.82. The summed E-state index contributed by atoms with van der Waals surface area (Å²) < 4.78 is 11.2. The summed E-state index contributed by atoms with van der Waals surface area (Å²) >= 11 is 5.33. The minimum atomic E-state index is 0.381. The maximum absolute atomic E-state index is 5.93. The molecule has 2 aromatic rings. The molecular formula is C21H28N4O2S. The van der Waals surface area contributed by atoms with E-state index in [0.29, 0.717) is 11.7 Å². The quantitative estimate of drug-likeness (QED) is 0.360. The van der Waals surface area contributed by atoms with E-state index < -0.39 is 0 Å². The van der Waals surface area contributed by atoms with Crippen LogP contribution < -0.4 is 20.2 Å². The Bertz CT molecular complexity index is 779. The number of hydrogen-bond donors (Lipinski definition) is 2. The number of hydrogen-bond acceptors (Lipinski definition) is 5. The van der Waals surface area contributed by atoms with Gasteiger partial charge in [0, 0.05) is 12.1 Å². The fourth-order valence-electron chi connectivity index (χ4n) is 2.60. The second-order valence-corrected chi connectivity index (χ2v) is 6.35. The monoisotopic (exact) mass is 400 g/mol. The Morgan fingerprint density at radius 2 is 1.75 bits per heavy atom. The lowest BCUT2D eigenvalue weighted by Crippen LogP contribution is -2.28. The number of rotatable bonds is 10. The number of methoxy groups -OCH3 is 1. The van der Waals surface area contributed by atoms with Gasteiger partial charge in [-0.25, -0.2) is 0 Å². The normalized spacial score (nSPS) is 10.9. The summed E-state index contributed by atoms with van der Waals surface area (Å²) in [5, 5.41) is 7.69. The van der Waals surface area contributed by atoms with Crippen LogP contribution in [-0.2, 0) is 0 Å². The standard InChI is InChI=1S/C21H28N4O2S/c1-4-25(5-2)14-15-27-20-13-9-7-11-18(20)23-21(28)24-22-16-17-10-6-8-12-19(17)26-3/h6-13,16H,4-5,14-15H2,1-3H3,(H2,23,24,28). The Hall–Kier alpha value is -2.64. The first kappa shape index (κ1) is 21.7. The molecule has 0 heterocycles. The molecule has 2 N–H and O–H groups in total. The molecule has 0 saturated carbocycles. The summed E-state index contributed by atoms with van der Waals surface area (Å²) in [5.74, 6) is 1.51. The first-order chi connectivity index (χ1) is 13.7. The predicted octanol–water partition coefficient (Wildman–Crippen LogP) is 3.74. The summed E-state index contributed by atoms with van der Waals surface area (Å²) in [6.07, 6.45) is 1.67. The van der Waals surface area contributed by atoms with Gasteiger partial charge in [0.1, 0.15) is 18.1 Å². The number of thiocarbonyl (C=S) groups is 1. The minimum Gasteiger partial charge on any atom is -0.496 e. The number of ether oxygens (including phenoxy) is 2. The van der Waals surface area contributed by atoms with Crippen molar-refractivity contribution in [3.8, 4) is 11.5 Å². The Morgan fingerprint density at radius 3 is 2.46 bits per heavy atom. The van der Waals surface area contributed by atoms with Crippen LogP contribution in [0.2, 0.25) is 0 Å². The van der Waals surface area contributed by atoms with Crippen molar-refractivity contribution < 1.29 is 9.47 Å². The average Bonchev–Trinajstić information content (AvgIpc) is 2.72. The van der Waals surface area contributed by atoms with Crippen molar-refractivity contribution in [2.75, 3.05) is 38.7 Å². The third-order valence-corrected chi connectivity index (χ3v) is 4.40. The number of hydrazone groups is 1. The molecule has 6 nitrogen and oxygen atoms in total. The second kappa shape index (κ2) is 11.9. The molecule has 0 aliphatic carbocycles. The van der Waals surface area contributed by atoms with Crippen LogP contribution in [0.25, 0.3) is 0 Å². The summed E-state index contributed by atoms with van der Waals surface area (Å²) in [4.78, 5) is 2.31. The van der Waals surface area contributed by atoms with Gasteiger partial charge in [0.25, 0.3) is 0 Å². The van der Waals surface area contributed by atoms with E-state index in [-0.39, 0.29) is 0 Å². The summed E-state index contributed by atoms with van der Waals surface area (Å²) in [7, 11) is 1.63. The van der Waals surface area contributed by atoms with E-state index in [1.54, 1.807) is 13.3 Å². The van der Waals surface area contributed by atoms with Crippen LogP contribution >= 0.6 is 12.2 Å². The van der Waals surface area contributed by atoms with Crippen molar-refractivity contribution in [3.05, 3.63) is 54.1 Å². The van der Waals surface area contributed by atoms with Gasteiger partial charge in [0.2, 0.25) is 0 Å². The zero-order valence-electron chi connectivity index (χ0n) is 16.6. The van der Waals surface area contributed by atoms with Crippen LogP contribution in [0.3, 0.4) is 0 Å². The highest BCUT2D eigenvalue weighted by atomic mass is 32.1. The maximum atomic E-state index is 5.93. The maximum Gasteiger partial charge on any atom is 0.191 e. The van der Waals surface area contributed by atoms with Gasteiger partial charge in [-0.15, -0.1) is 0 Å². The molecule has 150 valence electrons. The number of nitrogens with zero attached hydrogens (tertiary/aromatic N) is 2. The molecule has 0 unspecified atom stereocenters. The number of nitrogens with one attached hydrogen (secondary N) is 2. The molecule has 28 heavy (non-hydrogen) atoms. The van der Waals surface area contributed by atoms with Crippen LogP contribution in [0, 0.1) is 0 Å². The lowest BCUT2D eigenvalue weighted by atomic mass is 10.2. The number of anilines is 1. The van der Waals surface area contributed by atoms with Crippen molar-refractivity contribution in [2.45, 2.75) is 13.8 Å². The van der Waals surface area contributed by atoms with E-state index in [9.17, 15) is 0 Å². The third-order valence-electron chi connectivity index (χ3n) is 4.20. The Morgan fingerprint density at radius 1 is 1.07 bits per heavy atom. The minimum absolute atomic E-state index is 0.381. The fourth-order valence-corrected chi connectivity index (χ4v) is 2.77. The lowest BCUT2D eigenvalue weighted by molar-refractivity contribution is 0.223. The van der Waals surface area contributed by atoms with Crippen molar-refractivity contribution >= 4 is 29.2 Å². The molecule has 0 radical (unpaired) electrons. The Kier molecular flexibility index (Phi) is 9.24. The van der Waals surface area contributed by atoms with Crippen molar-refractivity contribution in [1.82, 2.24) is 10.3 Å². The second-order valence-electron chi connectivity index (χ2n) is 5.94. The molecule has 0 aliphatic rings. The smallest absolute Gasteiger partial charge is 0.191 e. The third kappa shape index (κ3) is 6.83. The molecule has 0 atom stereocenters. The van der Waals surface area contributed by atoms with Gasteiger partial charge in [-0.3, -0.25) is 5.43 Å². The molecule has 0 bridgehead atoms. The highest BCUT2D eigenvalue weighted by Gasteiger charge is 2.06. The fraction of sp³-hybridized carbons (Fsp3) is 0.333. The van der Waals surface area contributed by atoms with Crippen molar-refractivity contribution in [1.29, 1.82) is 0 Å². The van der Waals surface area contributed by atoms with Gasteiger partial charge >= 0.3 is 0 Å². The van der Waals surface area contributed by atoms with E-state index in [2.05, 4.69) is 34.6 Å². The summed E-state index contributed by atoms with van der Waals surface area (Å²) in [5.41, 5.74) is 4.48. The lowest BCUT2D eigenvalue weighted by Gasteiger charge is -2.19. The molecule has 2 rings (SSSR count). The average molecular weight is 401 g/mol. The van der Waals surface area contributed by atoms with Gasteiger partial charge in [-0.2, -0.15) is 5.10 Å². The molecule has 0 spiro atoms. The van der Waals surface area contributed by atoms with Gasteiger partial charge in [-0.1, -0.05) is 38.1 Å². The van der Waals surface area contributed by atoms with Crippen LogP contribution in [0.1, 0.15) is 19.4 Å². The van der Waals surface area contributed by atoms with Crippen LogP contribution in [0.15, 0.2) is 53.6 Å². The zero-order valence-corrected chi connectivity index (χ0v) is 17.5. The first-order valence-corrected chi connectivity index (χ1v) is 9.76. The van der Waals surface area contributed by atoms with Gasteiger partial charge < -0.3 is 19.7 Å². The van der Waals surface area contributed by atoms with Crippen LogP contribution in [0.5, 0.6) is 11.5 Å². The van der Waals surface area contributed by atoms with Gasteiger partial charge in [-0.05, 0) is 49.6 Å². The van der Waals surface area contributed by atoms with E-state index >= 15 is 0 Å². The number of likely N-dealkylation sites (N-methyl/N-ethyl adjacent to an activating group) is 1. The van der Waals surface area contributed by atoms with Crippen molar-refractivity contribution in [2.24, 2.45) is 5.10 Å². The number of para-hydroxylation sites is 3. The Labute approximate surface area is 172 Å². The largest absolute Gasteiger partial charge is 0.496 e. The number of benzene rings is 2. The molecule has 0 saturated heterocycles. The molecule has 2 aromatic carbocycles. The molecule has 0 amide bonds. The van der Waals surface area contributed by atoms with Gasteiger partial charge in [0.05, 0.1) is 19.0 Å². The van der Waals surface area contributed by atoms with Gasteiger partial charge in [0.15, 0.2) is 5.11 Å². The van der Waals surface area contributed by atoms with Crippen LogP contribution in [-0.4, -0.2) is 49.6 Å². The first-order valence-electron chi connectivity index (χ1n) is 9.35. The highest BCUT2D eigenvalue weighted by Crippen LogP contribution is 2.23. The van der Waals surface area contributed by atoms with E-state index in [1.165, 1.54) is 0 Å². The molecule has 0 fully saturated rings. The van der Waals surface area contributed by atoms with E-state index in [1.807, 2.05) is 48.5 Å². The topological polar surface area (TPSA) is 58.1 Å². The molecule has 7 heteroatoms. The molecule has 0 aliphatic heterocycles. The molecular weight excluding hydrogens is 372 g/mol. The van der Waals surface area contributed by atoms with E-state index in [0.717, 1.165) is 42.4 Å². The Balaban J connectivity index is 1.90. The zero-order chi connectivity index (χ0) is 20.2.